The molecular weight excluding hydrogens is 357 g/mol. The van der Waals surface area contributed by atoms with Crippen molar-refractivity contribution in [3.63, 3.8) is 0 Å². The summed E-state index contributed by atoms with van der Waals surface area (Å²) in [7, 11) is -0.935. The van der Waals surface area contributed by atoms with Gasteiger partial charge in [0.05, 0.1) is 13.2 Å². The summed E-state index contributed by atoms with van der Waals surface area (Å²) in [4.78, 5) is 16.6. The Labute approximate surface area is 155 Å². The molecule has 1 saturated carbocycles. The summed E-state index contributed by atoms with van der Waals surface area (Å²) in [6.45, 7) is 1.47. The molecule has 8 nitrogen and oxygen atoms in total. The largest absolute Gasteiger partial charge is 0.535 e. The van der Waals surface area contributed by atoms with E-state index in [1.54, 1.807) is 0 Å². The molecule has 4 rings (SSSR count). The molecule has 4 atom stereocenters. The van der Waals surface area contributed by atoms with Gasteiger partial charge in [0.2, 0.25) is 0 Å². The standard InChI is InChI=1S/C16H20BN3O5S/c18-16(19)20-4-7-5-24-6-12(7)26-11-2-1-8-9-3-10(9)17(23)25-14(8)13(11)15(21)22/h1-2,7,9-10,12,23H,3-6H2,(H,21,22)(H4,18,19,20). The van der Waals surface area contributed by atoms with Gasteiger partial charge < -0.3 is 31.0 Å². The van der Waals surface area contributed by atoms with Gasteiger partial charge in [-0.1, -0.05) is 6.07 Å². The number of benzene rings is 1. The van der Waals surface area contributed by atoms with Crippen molar-refractivity contribution in [3.05, 3.63) is 23.3 Å². The van der Waals surface area contributed by atoms with Crippen molar-refractivity contribution in [1.29, 1.82) is 0 Å². The minimum Gasteiger partial charge on any atom is -0.535 e. The molecule has 1 saturated heterocycles. The Kier molecular flexibility index (Phi) is 4.50. The predicted molar refractivity (Wildman–Crippen MR) is 97.7 cm³/mol. The van der Waals surface area contributed by atoms with Gasteiger partial charge in [-0.2, -0.15) is 0 Å². The lowest BCUT2D eigenvalue weighted by Gasteiger charge is -2.24. The molecule has 0 amide bonds. The van der Waals surface area contributed by atoms with Crippen LogP contribution in [0.1, 0.15) is 28.3 Å². The van der Waals surface area contributed by atoms with Crippen LogP contribution in [0.25, 0.3) is 0 Å². The van der Waals surface area contributed by atoms with Crippen molar-refractivity contribution >= 4 is 30.8 Å². The first-order chi connectivity index (χ1) is 12.5. The van der Waals surface area contributed by atoms with E-state index in [-0.39, 0.29) is 34.4 Å². The molecule has 0 radical (unpaired) electrons. The number of rotatable bonds is 5. The highest BCUT2D eigenvalue weighted by Crippen LogP contribution is 2.60. The maximum atomic E-state index is 11.9. The van der Waals surface area contributed by atoms with Crippen molar-refractivity contribution in [2.24, 2.45) is 22.4 Å². The second-order valence-corrected chi connectivity index (χ2v) is 8.18. The van der Waals surface area contributed by atoms with E-state index in [9.17, 15) is 14.9 Å². The van der Waals surface area contributed by atoms with E-state index in [2.05, 4.69) is 4.99 Å². The second kappa shape index (κ2) is 6.68. The van der Waals surface area contributed by atoms with Gasteiger partial charge in [-0.05, 0) is 24.0 Å². The second-order valence-electron chi connectivity index (χ2n) is 6.90. The third-order valence-corrected chi connectivity index (χ3v) is 6.55. The summed E-state index contributed by atoms with van der Waals surface area (Å²) in [5, 5.41) is 19.8. The number of hydrogen-bond donors (Lipinski definition) is 4. The number of guanidine groups is 1. The molecule has 2 heterocycles. The summed E-state index contributed by atoms with van der Waals surface area (Å²) in [5.74, 6) is -0.366. The van der Waals surface area contributed by atoms with Crippen LogP contribution in [0.2, 0.25) is 5.82 Å². The number of aliphatic imine (C=N–C) groups is 1. The summed E-state index contributed by atoms with van der Waals surface area (Å²) in [5.41, 5.74) is 11.8. The first-order valence-electron chi connectivity index (χ1n) is 8.50. The molecule has 138 valence electrons. The van der Waals surface area contributed by atoms with Crippen molar-refractivity contribution in [2.45, 2.75) is 28.3 Å². The Bertz CT molecular complexity index is 772. The molecule has 2 aliphatic heterocycles. The lowest BCUT2D eigenvalue weighted by atomic mass is 9.77. The van der Waals surface area contributed by atoms with E-state index in [0.717, 1.165) is 12.0 Å². The molecule has 0 bridgehead atoms. The van der Waals surface area contributed by atoms with Crippen molar-refractivity contribution < 1.29 is 24.3 Å². The van der Waals surface area contributed by atoms with Crippen LogP contribution >= 0.6 is 11.8 Å². The zero-order valence-electron chi connectivity index (χ0n) is 14.0. The normalized spacial score (nSPS) is 28.7. The number of carboxylic acid groups (broad SMARTS) is 1. The minimum absolute atomic E-state index is 0.0297. The molecule has 6 N–H and O–H groups in total. The molecule has 1 aliphatic carbocycles. The molecular formula is C16H20BN3O5S. The predicted octanol–water partition coefficient (Wildman–Crippen LogP) is 0.496. The molecule has 0 spiro atoms. The average Bonchev–Trinajstić information content (AvgIpc) is 3.27. The van der Waals surface area contributed by atoms with Gasteiger partial charge in [0, 0.05) is 28.4 Å². The molecule has 26 heavy (non-hydrogen) atoms. The van der Waals surface area contributed by atoms with E-state index < -0.39 is 13.1 Å². The molecule has 1 aromatic rings. The molecule has 2 fully saturated rings. The number of fused-ring (bicyclic) bond motifs is 3. The number of carboxylic acids is 1. The van der Waals surface area contributed by atoms with E-state index >= 15 is 0 Å². The molecule has 10 heteroatoms. The van der Waals surface area contributed by atoms with Crippen molar-refractivity contribution in [3.8, 4) is 5.75 Å². The zero-order valence-corrected chi connectivity index (χ0v) is 14.8. The highest BCUT2D eigenvalue weighted by atomic mass is 32.2. The fraction of sp³-hybridized carbons (Fsp3) is 0.500. The molecule has 3 aliphatic rings. The van der Waals surface area contributed by atoms with Gasteiger partial charge >= 0.3 is 13.1 Å². The maximum absolute atomic E-state index is 11.9. The van der Waals surface area contributed by atoms with Crippen LogP contribution in [0.3, 0.4) is 0 Å². The van der Waals surface area contributed by atoms with E-state index in [1.165, 1.54) is 11.8 Å². The first kappa shape index (κ1) is 17.5. The van der Waals surface area contributed by atoms with Gasteiger partial charge in [0.1, 0.15) is 11.3 Å². The minimum atomic E-state index is -1.06. The quantitative estimate of drug-likeness (QED) is 0.330. The number of carbonyl (C=O) groups is 1. The van der Waals surface area contributed by atoms with Crippen LogP contribution in [-0.4, -0.2) is 54.2 Å². The lowest BCUT2D eigenvalue weighted by molar-refractivity contribution is 0.0690. The van der Waals surface area contributed by atoms with Crippen molar-refractivity contribution in [2.75, 3.05) is 19.8 Å². The number of nitrogens with zero attached hydrogens (tertiary/aromatic N) is 1. The van der Waals surface area contributed by atoms with E-state index in [4.69, 9.17) is 20.9 Å². The first-order valence-corrected chi connectivity index (χ1v) is 9.38. The molecule has 1 aromatic carbocycles. The number of hydrogen-bond acceptors (Lipinski definition) is 6. The number of thioether (sulfide) groups is 1. The Balaban J connectivity index is 1.62. The van der Waals surface area contributed by atoms with E-state index in [1.807, 2.05) is 12.1 Å². The van der Waals surface area contributed by atoms with Gasteiger partial charge in [-0.3, -0.25) is 4.99 Å². The monoisotopic (exact) mass is 377 g/mol. The molecule has 0 aromatic heterocycles. The van der Waals surface area contributed by atoms with Crippen LogP contribution < -0.4 is 16.1 Å². The topological polar surface area (TPSA) is 140 Å². The number of ether oxygens (including phenoxy) is 1. The fourth-order valence-corrected chi connectivity index (χ4v) is 4.95. The zero-order chi connectivity index (χ0) is 18.4. The molecule has 4 unspecified atom stereocenters. The van der Waals surface area contributed by atoms with Gasteiger partial charge in [0.15, 0.2) is 5.96 Å². The van der Waals surface area contributed by atoms with Crippen LogP contribution in [0.5, 0.6) is 5.75 Å². The summed E-state index contributed by atoms with van der Waals surface area (Å²) >= 11 is 1.44. The summed E-state index contributed by atoms with van der Waals surface area (Å²) < 4.78 is 11.1. The van der Waals surface area contributed by atoms with Gasteiger partial charge in [-0.15, -0.1) is 11.8 Å². The lowest BCUT2D eigenvalue weighted by Crippen LogP contribution is -2.28. The highest BCUT2D eigenvalue weighted by Gasteiger charge is 2.54. The SMILES string of the molecule is NC(N)=NCC1COCC1Sc1ccc2c(c1C(=O)O)OB(O)C1CC21. The van der Waals surface area contributed by atoms with Crippen LogP contribution in [0, 0.1) is 5.92 Å². The Morgan fingerprint density at radius 3 is 2.92 bits per heavy atom. The average molecular weight is 377 g/mol. The van der Waals surface area contributed by atoms with Crippen LogP contribution in [0.15, 0.2) is 22.0 Å². The number of nitrogens with two attached hydrogens (primary N) is 2. The van der Waals surface area contributed by atoms with Crippen LogP contribution in [-0.2, 0) is 4.74 Å². The third kappa shape index (κ3) is 3.12. The smallest absolute Gasteiger partial charge is 0.526 e. The van der Waals surface area contributed by atoms with E-state index in [0.29, 0.717) is 30.4 Å². The van der Waals surface area contributed by atoms with Crippen molar-refractivity contribution in [1.82, 2.24) is 0 Å². The Morgan fingerprint density at radius 2 is 2.19 bits per heavy atom. The number of aromatic carboxylic acids is 1. The van der Waals surface area contributed by atoms with Gasteiger partial charge in [0.25, 0.3) is 0 Å². The fourth-order valence-electron chi connectivity index (χ4n) is 3.66. The highest BCUT2D eigenvalue weighted by molar-refractivity contribution is 8.00. The third-order valence-electron chi connectivity index (χ3n) is 5.13. The summed E-state index contributed by atoms with van der Waals surface area (Å²) in [6, 6.07) is 3.75. The summed E-state index contributed by atoms with van der Waals surface area (Å²) in [6.07, 6.45) is 0.830. The maximum Gasteiger partial charge on any atom is 0.526 e. The van der Waals surface area contributed by atoms with Gasteiger partial charge in [-0.25, -0.2) is 4.79 Å². The Morgan fingerprint density at radius 1 is 1.38 bits per heavy atom. The van der Waals surface area contributed by atoms with Crippen LogP contribution in [0.4, 0.5) is 0 Å². The Hall–Kier alpha value is -1.91.